The maximum atomic E-state index is 13.0. The number of amides is 1. The van der Waals surface area contributed by atoms with Crippen molar-refractivity contribution in [1.82, 2.24) is 0 Å². The largest absolute Gasteiger partial charge is 0.416 e. The van der Waals surface area contributed by atoms with Crippen molar-refractivity contribution in [3.05, 3.63) is 87.4 Å². The molecule has 2 N–H and O–H groups in total. The van der Waals surface area contributed by atoms with Gasteiger partial charge in [-0.25, -0.2) is 8.42 Å². The summed E-state index contributed by atoms with van der Waals surface area (Å²) in [7, 11) is -4.05. The fraction of sp³-hybridized carbons (Fsp3) is 0.174. The number of alkyl halides is 3. The molecule has 5 nitrogen and oxygen atoms in total. The molecular formula is C23H20ClF3N2O3S. The number of anilines is 2. The number of hydrogen-bond acceptors (Lipinski definition) is 3. The van der Waals surface area contributed by atoms with Crippen LogP contribution >= 0.6 is 11.6 Å². The first-order valence-corrected chi connectivity index (χ1v) is 11.5. The van der Waals surface area contributed by atoms with Gasteiger partial charge in [-0.05, 0) is 73.9 Å². The Bertz CT molecular complexity index is 1340. The van der Waals surface area contributed by atoms with Gasteiger partial charge in [-0.3, -0.25) is 9.52 Å². The third-order valence-corrected chi connectivity index (χ3v) is 6.76. The SMILES string of the molecule is Cc1ccc(C)c(NS(=O)(=O)c2cc(C(=O)Nc3cc(C(F)(F)F)ccc3Cl)ccc2C)c1. The van der Waals surface area contributed by atoms with E-state index in [9.17, 15) is 26.4 Å². The summed E-state index contributed by atoms with van der Waals surface area (Å²) in [6.07, 6.45) is -4.62. The van der Waals surface area contributed by atoms with Gasteiger partial charge in [0.25, 0.3) is 15.9 Å². The molecule has 174 valence electrons. The molecule has 0 spiro atoms. The van der Waals surface area contributed by atoms with E-state index in [1.165, 1.54) is 18.2 Å². The van der Waals surface area contributed by atoms with Gasteiger partial charge in [0.2, 0.25) is 0 Å². The molecule has 0 aromatic heterocycles. The predicted molar refractivity (Wildman–Crippen MR) is 122 cm³/mol. The van der Waals surface area contributed by atoms with Crippen molar-refractivity contribution in [2.24, 2.45) is 0 Å². The zero-order chi connectivity index (χ0) is 24.6. The number of nitrogens with one attached hydrogen (secondary N) is 2. The molecular weight excluding hydrogens is 477 g/mol. The van der Waals surface area contributed by atoms with Crippen LogP contribution in [0.4, 0.5) is 24.5 Å². The number of carbonyl (C=O) groups excluding carboxylic acids is 1. The summed E-state index contributed by atoms with van der Waals surface area (Å²) in [4.78, 5) is 12.6. The van der Waals surface area contributed by atoms with E-state index in [2.05, 4.69) is 10.0 Å². The molecule has 0 radical (unpaired) electrons. The Morgan fingerprint density at radius 2 is 1.55 bits per heavy atom. The third kappa shape index (κ3) is 5.66. The Hall–Kier alpha value is -3.04. The van der Waals surface area contributed by atoms with Crippen molar-refractivity contribution in [2.75, 3.05) is 10.0 Å². The van der Waals surface area contributed by atoms with Crippen molar-refractivity contribution >= 4 is 38.9 Å². The van der Waals surface area contributed by atoms with Crippen molar-refractivity contribution in [3.8, 4) is 0 Å². The summed E-state index contributed by atoms with van der Waals surface area (Å²) in [5.74, 6) is -0.806. The van der Waals surface area contributed by atoms with Crippen LogP contribution in [0.3, 0.4) is 0 Å². The van der Waals surface area contributed by atoms with Gasteiger partial charge in [-0.1, -0.05) is 29.8 Å². The van der Waals surface area contributed by atoms with Gasteiger partial charge in [0.15, 0.2) is 0 Å². The summed E-state index contributed by atoms with van der Waals surface area (Å²) >= 11 is 5.94. The summed E-state index contributed by atoms with van der Waals surface area (Å²) in [5, 5.41) is 2.23. The van der Waals surface area contributed by atoms with Crippen LogP contribution in [-0.2, 0) is 16.2 Å². The van der Waals surface area contributed by atoms with Gasteiger partial charge < -0.3 is 5.32 Å². The molecule has 3 rings (SSSR count). The molecule has 0 bridgehead atoms. The molecule has 0 unspecified atom stereocenters. The van der Waals surface area contributed by atoms with Crippen LogP contribution in [0.25, 0.3) is 0 Å². The second kappa shape index (κ2) is 9.07. The number of rotatable bonds is 5. The van der Waals surface area contributed by atoms with Gasteiger partial charge in [-0.2, -0.15) is 13.2 Å². The molecule has 0 aliphatic carbocycles. The first-order chi connectivity index (χ1) is 15.3. The molecule has 10 heteroatoms. The number of carbonyl (C=O) groups is 1. The monoisotopic (exact) mass is 496 g/mol. The summed E-state index contributed by atoms with van der Waals surface area (Å²) in [6.45, 7) is 5.15. The molecule has 0 saturated heterocycles. The summed E-state index contributed by atoms with van der Waals surface area (Å²) < 4.78 is 67.6. The fourth-order valence-electron chi connectivity index (χ4n) is 3.07. The van der Waals surface area contributed by atoms with Crippen molar-refractivity contribution in [3.63, 3.8) is 0 Å². The van der Waals surface area contributed by atoms with Crippen LogP contribution in [0.1, 0.15) is 32.6 Å². The molecule has 0 fully saturated rings. The Kier molecular flexibility index (Phi) is 6.76. The molecule has 33 heavy (non-hydrogen) atoms. The number of sulfonamides is 1. The highest BCUT2D eigenvalue weighted by Gasteiger charge is 2.31. The first-order valence-electron chi connectivity index (χ1n) is 9.67. The van der Waals surface area contributed by atoms with Gasteiger partial charge in [-0.15, -0.1) is 0 Å². The average Bonchev–Trinajstić information content (AvgIpc) is 2.71. The Labute approximate surface area is 194 Å². The molecule has 0 aliphatic rings. The Balaban J connectivity index is 1.93. The summed E-state index contributed by atoms with van der Waals surface area (Å²) in [5.41, 5.74) is 1.09. The zero-order valence-electron chi connectivity index (χ0n) is 17.8. The van der Waals surface area contributed by atoms with E-state index in [4.69, 9.17) is 11.6 Å². The van der Waals surface area contributed by atoms with E-state index in [1.54, 1.807) is 26.0 Å². The minimum absolute atomic E-state index is 0.0598. The van der Waals surface area contributed by atoms with E-state index in [1.807, 2.05) is 13.0 Å². The lowest BCUT2D eigenvalue weighted by Crippen LogP contribution is -2.18. The highest BCUT2D eigenvalue weighted by Crippen LogP contribution is 2.34. The Morgan fingerprint density at radius 1 is 0.879 bits per heavy atom. The van der Waals surface area contributed by atoms with E-state index in [0.29, 0.717) is 17.3 Å². The molecule has 3 aromatic carbocycles. The van der Waals surface area contributed by atoms with E-state index in [0.717, 1.165) is 23.3 Å². The average molecular weight is 497 g/mol. The molecule has 0 heterocycles. The van der Waals surface area contributed by atoms with Crippen LogP contribution in [0, 0.1) is 20.8 Å². The molecule has 0 saturated carbocycles. The van der Waals surface area contributed by atoms with Crippen LogP contribution in [0.2, 0.25) is 5.02 Å². The summed E-state index contributed by atoms with van der Waals surface area (Å²) in [6, 6.07) is 11.9. The molecule has 0 aliphatic heterocycles. The van der Waals surface area contributed by atoms with Crippen molar-refractivity contribution in [1.29, 1.82) is 0 Å². The van der Waals surface area contributed by atoms with E-state index in [-0.39, 0.29) is 21.2 Å². The van der Waals surface area contributed by atoms with Gasteiger partial charge in [0.1, 0.15) is 0 Å². The van der Waals surface area contributed by atoms with Crippen LogP contribution in [0.15, 0.2) is 59.5 Å². The highest BCUT2D eigenvalue weighted by molar-refractivity contribution is 7.92. The van der Waals surface area contributed by atoms with Crippen LogP contribution in [-0.4, -0.2) is 14.3 Å². The predicted octanol–water partition coefficient (Wildman–Crippen LogP) is 6.34. The number of benzene rings is 3. The number of halogens is 4. The minimum Gasteiger partial charge on any atom is -0.321 e. The zero-order valence-corrected chi connectivity index (χ0v) is 19.4. The lowest BCUT2D eigenvalue weighted by molar-refractivity contribution is -0.137. The van der Waals surface area contributed by atoms with Crippen LogP contribution < -0.4 is 10.0 Å². The molecule has 1 amide bonds. The normalized spacial score (nSPS) is 11.8. The van der Waals surface area contributed by atoms with E-state index < -0.39 is 27.7 Å². The number of aryl methyl sites for hydroxylation is 3. The van der Waals surface area contributed by atoms with Crippen molar-refractivity contribution < 1.29 is 26.4 Å². The maximum absolute atomic E-state index is 13.0. The van der Waals surface area contributed by atoms with Crippen molar-refractivity contribution in [2.45, 2.75) is 31.8 Å². The smallest absolute Gasteiger partial charge is 0.321 e. The maximum Gasteiger partial charge on any atom is 0.416 e. The standard InChI is InChI=1S/C23H20ClF3N2O3S/c1-13-4-5-14(2)19(10-13)29-33(31,32)21-11-16(7-6-15(21)3)22(30)28-20-12-17(23(25,26)27)8-9-18(20)24/h4-12,29H,1-3H3,(H,28,30). The van der Waals surface area contributed by atoms with E-state index >= 15 is 0 Å². The lowest BCUT2D eigenvalue weighted by Gasteiger charge is -2.15. The minimum atomic E-state index is -4.62. The Morgan fingerprint density at radius 3 is 2.21 bits per heavy atom. The molecule has 3 aromatic rings. The van der Waals surface area contributed by atoms with Gasteiger partial charge >= 0.3 is 6.18 Å². The third-order valence-electron chi connectivity index (χ3n) is 4.92. The fourth-order valence-corrected chi connectivity index (χ4v) is 4.63. The second-order valence-corrected chi connectivity index (χ2v) is 9.61. The van der Waals surface area contributed by atoms with Gasteiger partial charge in [0, 0.05) is 5.56 Å². The molecule has 0 atom stereocenters. The second-order valence-electron chi connectivity index (χ2n) is 7.55. The van der Waals surface area contributed by atoms with Crippen LogP contribution in [0.5, 0.6) is 0 Å². The lowest BCUT2D eigenvalue weighted by atomic mass is 10.1. The quantitative estimate of drug-likeness (QED) is 0.433. The first kappa shape index (κ1) is 24.6. The highest BCUT2D eigenvalue weighted by atomic mass is 35.5. The van der Waals surface area contributed by atoms with Gasteiger partial charge in [0.05, 0.1) is 26.9 Å². The topological polar surface area (TPSA) is 75.3 Å². The number of hydrogen-bond donors (Lipinski definition) is 2.